The first kappa shape index (κ1) is 19.9. The Labute approximate surface area is 156 Å². The minimum atomic E-state index is -0.178. The van der Waals surface area contributed by atoms with Crippen molar-refractivity contribution in [1.82, 2.24) is 10.6 Å². The van der Waals surface area contributed by atoms with Crippen molar-refractivity contribution in [3.8, 4) is 11.5 Å². The number of fused-ring (bicyclic) bond motifs is 1. The molecule has 1 aromatic carbocycles. The van der Waals surface area contributed by atoms with E-state index in [1.807, 2.05) is 18.2 Å². The molecular formula is C19H29ClN2O3. The predicted octanol–water partition coefficient (Wildman–Crippen LogP) is 2.56. The van der Waals surface area contributed by atoms with Crippen molar-refractivity contribution < 1.29 is 14.3 Å². The summed E-state index contributed by atoms with van der Waals surface area (Å²) < 4.78 is 10.7. The second-order valence-electron chi connectivity index (χ2n) is 6.91. The van der Waals surface area contributed by atoms with Gasteiger partial charge in [-0.2, -0.15) is 0 Å². The van der Waals surface area contributed by atoms with Gasteiger partial charge in [0.1, 0.15) is 11.5 Å². The van der Waals surface area contributed by atoms with Gasteiger partial charge in [0.15, 0.2) is 0 Å². The number of hydrogen-bond donors (Lipinski definition) is 2. The number of carbonyl (C=O) groups is 1. The summed E-state index contributed by atoms with van der Waals surface area (Å²) in [6.45, 7) is 2.45. The molecule has 2 aliphatic rings. The molecule has 1 aliphatic carbocycles. The molecular weight excluding hydrogens is 340 g/mol. The number of methoxy groups -OCH3 is 2. The lowest BCUT2D eigenvalue weighted by molar-refractivity contribution is -0.133. The molecule has 1 saturated carbocycles. The van der Waals surface area contributed by atoms with E-state index in [0.29, 0.717) is 12.5 Å². The SMILES string of the molecule is COc1ccc(CCNC(=O)[C@@]23CCCC[C@H]2CNC3)c(OC)c1.Cl. The molecule has 1 heterocycles. The summed E-state index contributed by atoms with van der Waals surface area (Å²) in [4.78, 5) is 12.8. The van der Waals surface area contributed by atoms with Crippen molar-refractivity contribution in [1.29, 1.82) is 0 Å². The van der Waals surface area contributed by atoms with E-state index in [1.54, 1.807) is 14.2 Å². The Hall–Kier alpha value is -1.46. The maximum atomic E-state index is 12.8. The van der Waals surface area contributed by atoms with E-state index in [2.05, 4.69) is 10.6 Å². The summed E-state index contributed by atoms with van der Waals surface area (Å²) in [5.74, 6) is 2.31. The van der Waals surface area contributed by atoms with Gasteiger partial charge < -0.3 is 20.1 Å². The van der Waals surface area contributed by atoms with Crippen LogP contribution in [0.15, 0.2) is 18.2 Å². The van der Waals surface area contributed by atoms with Gasteiger partial charge >= 0.3 is 0 Å². The van der Waals surface area contributed by atoms with Crippen LogP contribution in [0, 0.1) is 11.3 Å². The Morgan fingerprint density at radius 2 is 2.16 bits per heavy atom. The zero-order chi connectivity index (χ0) is 17.0. The lowest BCUT2D eigenvalue weighted by atomic mass is 9.67. The number of rotatable bonds is 6. The minimum Gasteiger partial charge on any atom is -0.497 e. The van der Waals surface area contributed by atoms with Gasteiger partial charge in [0, 0.05) is 19.2 Å². The standard InChI is InChI=1S/C19H28N2O3.ClH/c1-23-16-7-6-14(17(11-16)24-2)8-10-21-18(22)19-9-4-3-5-15(19)12-20-13-19;/h6-7,11,15,20H,3-5,8-10,12-13H2,1-2H3,(H,21,22);1H/t15-,19+;/m0./s1. The van der Waals surface area contributed by atoms with Gasteiger partial charge in [-0.15, -0.1) is 12.4 Å². The number of ether oxygens (including phenoxy) is 2. The van der Waals surface area contributed by atoms with E-state index in [1.165, 1.54) is 12.8 Å². The second kappa shape index (κ2) is 8.77. The quantitative estimate of drug-likeness (QED) is 0.810. The van der Waals surface area contributed by atoms with Gasteiger partial charge in [0.25, 0.3) is 0 Å². The van der Waals surface area contributed by atoms with Crippen LogP contribution in [0.25, 0.3) is 0 Å². The van der Waals surface area contributed by atoms with Crippen LogP contribution in [0.1, 0.15) is 31.2 Å². The third kappa shape index (κ3) is 4.04. The zero-order valence-electron chi connectivity index (χ0n) is 15.1. The Kier molecular flexibility index (Phi) is 6.96. The molecule has 2 atom stereocenters. The molecule has 1 aliphatic heterocycles. The molecule has 0 unspecified atom stereocenters. The lowest BCUT2D eigenvalue weighted by Gasteiger charge is -2.37. The first-order valence-corrected chi connectivity index (χ1v) is 8.89. The van der Waals surface area contributed by atoms with Crippen molar-refractivity contribution >= 4 is 18.3 Å². The monoisotopic (exact) mass is 368 g/mol. The highest BCUT2D eigenvalue weighted by atomic mass is 35.5. The maximum absolute atomic E-state index is 12.8. The average molecular weight is 369 g/mol. The number of benzene rings is 1. The smallest absolute Gasteiger partial charge is 0.227 e. The van der Waals surface area contributed by atoms with Crippen LogP contribution in [0.4, 0.5) is 0 Å². The fourth-order valence-electron chi connectivity index (χ4n) is 4.24. The first-order chi connectivity index (χ1) is 11.7. The predicted molar refractivity (Wildman–Crippen MR) is 101 cm³/mol. The summed E-state index contributed by atoms with van der Waals surface area (Å²) in [7, 11) is 3.30. The van der Waals surface area contributed by atoms with Gasteiger partial charge in [-0.05, 0) is 43.4 Å². The minimum absolute atomic E-state index is 0. The van der Waals surface area contributed by atoms with Crippen molar-refractivity contribution in [3.05, 3.63) is 23.8 Å². The molecule has 0 spiro atoms. The summed E-state index contributed by atoms with van der Waals surface area (Å²) >= 11 is 0. The Bertz CT molecular complexity index is 596. The second-order valence-corrected chi connectivity index (χ2v) is 6.91. The molecule has 1 amide bonds. The first-order valence-electron chi connectivity index (χ1n) is 8.89. The molecule has 0 radical (unpaired) electrons. The van der Waals surface area contributed by atoms with E-state index in [4.69, 9.17) is 9.47 Å². The highest BCUT2D eigenvalue weighted by Gasteiger charge is 2.49. The Balaban J connectivity index is 0.00000225. The zero-order valence-corrected chi connectivity index (χ0v) is 15.9. The third-order valence-electron chi connectivity index (χ3n) is 5.66. The highest BCUT2D eigenvalue weighted by molar-refractivity contribution is 5.85. The fourth-order valence-corrected chi connectivity index (χ4v) is 4.24. The molecule has 25 heavy (non-hydrogen) atoms. The molecule has 2 fully saturated rings. The maximum Gasteiger partial charge on any atom is 0.227 e. The molecule has 6 heteroatoms. The van der Waals surface area contributed by atoms with Crippen LogP contribution >= 0.6 is 12.4 Å². The molecule has 0 bridgehead atoms. The van der Waals surface area contributed by atoms with Gasteiger partial charge in [-0.25, -0.2) is 0 Å². The summed E-state index contributed by atoms with van der Waals surface area (Å²) in [6.07, 6.45) is 5.37. The lowest BCUT2D eigenvalue weighted by Crippen LogP contribution is -2.48. The van der Waals surface area contributed by atoms with Crippen molar-refractivity contribution in [2.45, 2.75) is 32.1 Å². The highest BCUT2D eigenvalue weighted by Crippen LogP contribution is 2.43. The molecule has 140 valence electrons. The topological polar surface area (TPSA) is 59.6 Å². The van der Waals surface area contributed by atoms with E-state index < -0.39 is 0 Å². The number of halogens is 1. The van der Waals surface area contributed by atoms with E-state index in [-0.39, 0.29) is 23.7 Å². The van der Waals surface area contributed by atoms with Crippen LogP contribution in [0.2, 0.25) is 0 Å². The molecule has 2 N–H and O–H groups in total. The van der Waals surface area contributed by atoms with E-state index >= 15 is 0 Å². The summed E-state index contributed by atoms with van der Waals surface area (Å²) in [6, 6.07) is 5.81. The van der Waals surface area contributed by atoms with Crippen molar-refractivity contribution in [2.24, 2.45) is 11.3 Å². The Morgan fingerprint density at radius 3 is 2.92 bits per heavy atom. The molecule has 3 rings (SSSR count). The summed E-state index contributed by atoms with van der Waals surface area (Å²) in [5.41, 5.74) is 0.906. The van der Waals surface area contributed by atoms with Crippen LogP contribution in [-0.4, -0.2) is 39.8 Å². The number of amides is 1. The van der Waals surface area contributed by atoms with E-state index in [0.717, 1.165) is 49.4 Å². The van der Waals surface area contributed by atoms with Crippen molar-refractivity contribution in [3.63, 3.8) is 0 Å². The van der Waals surface area contributed by atoms with E-state index in [9.17, 15) is 4.79 Å². The van der Waals surface area contributed by atoms with Crippen LogP contribution in [0.3, 0.4) is 0 Å². The van der Waals surface area contributed by atoms with Gasteiger partial charge in [-0.3, -0.25) is 4.79 Å². The number of carbonyl (C=O) groups excluding carboxylic acids is 1. The normalized spacial score (nSPS) is 24.8. The van der Waals surface area contributed by atoms with Crippen LogP contribution < -0.4 is 20.1 Å². The van der Waals surface area contributed by atoms with Gasteiger partial charge in [0.2, 0.25) is 5.91 Å². The third-order valence-corrected chi connectivity index (χ3v) is 5.66. The van der Waals surface area contributed by atoms with Crippen molar-refractivity contribution in [2.75, 3.05) is 33.9 Å². The number of hydrogen-bond acceptors (Lipinski definition) is 4. The average Bonchev–Trinajstić information content (AvgIpc) is 3.07. The molecule has 0 aromatic heterocycles. The Morgan fingerprint density at radius 1 is 1.32 bits per heavy atom. The largest absolute Gasteiger partial charge is 0.497 e. The molecule has 5 nitrogen and oxygen atoms in total. The number of nitrogens with one attached hydrogen (secondary N) is 2. The van der Waals surface area contributed by atoms with Gasteiger partial charge in [-0.1, -0.05) is 18.9 Å². The molecule has 1 aromatic rings. The fraction of sp³-hybridized carbons (Fsp3) is 0.632. The van der Waals surface area contributed by atoms with Crippen LogP contribution in [0.5, 0.6) is 11.5 Å². The van der Waals surface area contributed by atoms with Gasteiger partial charge in [0.05, 0.1) is 19.6 Å². The van der Waals surface area contributed by atoms with Crippen LogP contribution in [-0.2, 0) is 11.2 Å². The summed E-state index contributed by atoms with van der Waals surface area (Å²) in [5, 5.41) is 6.61. The molecule has 1 saturated heterocycles.